The monoisotopic (exact) mass is 616 g/mol. The third-order valence-corrected chi connectivity index (χ3v) is 7.25. The van der Waals surface area contributed by atoms with Crippen molar-refractivity contribution in [2.45, 2.75) is 75.5 Å². The maximum absolute atomic E-state index is 13.6. The van der Waals surface area contributed by atoms with Gasteiger partial charge >= 0.3 is 24.1 Å². The number of hydrogen-bond acceptors (Lipinski definition) is 9. The third kappa shape index (κ3) is 8.28. The van der Waals surface area contributed by atoms with Gasteiger partial charge in [-0.1, -0.05) is 0 Å². The van der Waals surface area contributed by atoms with Crippen LogP contribution in [0.2, 0.25) is 0 Å². The van der Waals surface area contributed by atoms with Crippen LogP contribution in [0.3, 0.4) is 0 Å². The fourth-order valence-corrected chi connectivity index (χ4v) is 5.23. The molecule has 1 aromatic heterocycles. The zero-order chi connectivity index (χ0) is 32.1. The SMILES string of the molecule is COc1ccc(OC)c(CN2CCCC2c2cc3n(n2)[C@@H](C(F)(F)F)C[C@@H](C)N3)c1.O=C(O)CC(O)(CC(=O)O)C(=O)O. The van der Waals surface area contributed by atoms with Crippen LogP contribution < -0.4 is 14.8 Å². The van der Waals surface area contributed by atoms with Crippen molar-refractivity contribution in [3.05, 3.63) is 35.5 Å². The lowest BCUT2D eigenvalue weighted by Crippen LogP contribution is -2.42. The van der Waals surface area contributed by atoms with Gasteiger partial charge in [-0.2, -0.15) is 18.3 Å². The number of fused-ring (bicyclic) bond motifs is 1. The van der Waals surface area contributed by atoms with E-state index in [1.54, 1.807) is 27.2 Å². The molecule has 0 aliphatic carbocycles. The predicted molar refractivity (Wildman–Crippen MR) is 144 cm³/mol. The summed E-state index contributed by atoms with van der Waals surface area (Å²) in [5.41, 5.74) is -1.08. The Bertz CT molecular complexity index is 1300. The standard InChI is InChI=1S/C21H27F3N4O2.C6H8O7/c1-13-9-19(21(22,23)24)28-20(25-13)11-16(26-28)17-5-4-8-27(17)12-14-10-15(29-2)6-7-18(14)30-3;7-3(8)1-6(13,5(11)12)2-4(9)10/h6-7,10-11,13,17,19,25H,4-5,8-9,12H2,1-3H3;13H,1-2H2,(H,7,8)(H,9,10)(H,11,12)/t13-,17?,19-;/m1./s1. The van der Waals surface area contributed by atoms with Gasteiger partial charge < -0.3 is 35.2 Å². The first-order chi connectivity index (χ1) is 20.1. The summed E-state index contributed by atoms with van der Waals surface area (Å²) in [5, 5.41) is 41.4. The third-order valence-electron chi connectivity index (χ3n) is 7.25. The number of carboxylic acids is 3. The van der Waals surface area contributed by atoms with Gasteiger partial charge in [0.2, 0.25) is 0 Å². The van der Waals surface area contributed by atoms with Crippen LogP contribution in [0.1, 0.15) is 62.4 Å². The number of aliphatic carboxylic acids is 3. The molecule has 1 aromatic carbocycles. The minimum atomic E-state index is -4.32. The summed E-state index contributed by atoms with van der Waals surface area (Å²) in [6, 6.07) is 5.55. The Morgan fingerprint density at radius 2 is 1.72 bits per heavy atom. The molecule has 0 bridgehead atoms. The van der Waals surface area contributed by atoms with Crippen LogP contribution in [-0.4, -0.2) is 91.6 Å². The number of methoxy groups -OCH3 is 2. The highest BCUT2D eigenvalue weighted by atomic mass is 19.4. The second kappa shape index (κ2) is 13.5. The maximum atomic E-state index is 13.6. The number of ether oxygens (including phenoxy) is 2. The fraction of sp³-hybridized carbons (Fsp3) is 0.556. The van der Waals surface area contributed by atoms with E-state index < -0.39 is 48.6 Å². The molecule has 2 aromatic rings. The Balaban J connectivity index is 0.000000331. The van der Waals surface area contributed by atoms with Crippen molar-refractivity contribution in [1.82, 2.24) is 14.7 Å². The molecule has 2 aliphatic rings. The largest absolute Gasteiger partial charge is 0.497 e. The lowest BCUT2D eigenvalue weighted by atomic mass is 9.96. The zero-order valence-corrected chi connectivity index (χ0v) is 23.8. The summed E-state index contributed by atoms with van der Waals surface area (Å²) in [7, 11) is 3.24. The average molecular weight is 617 g/mol. The number of hydrogen-bond donors (Lipinski definition) is 5. The fourth-order valence-electron chi connectivity index (χ4n) is 5.23. The van der Waals surface area contributed by atoms with Gasteiger partial charge in [-0.05, 0) is 50.9 Å². The van der Waals surface area contributed by atoms with Crippen molar-refractivity contribution in [1.29, 1.82) is 0 Å². The van der Waals surface area contributed by atoms with Gasteiger partial charge in [0.15, 0.2) is 11.6 Å². The number of rotatable bonds is 10. The Kier molecular flexibility index (Phi) is 10.5. The minimum Gasteiger partial charge on any atom is -0.497 e. The van der Waals surface area contributed by atoms with Crippen LogP contribution in [0.4, 0.5) is 19.0 Å². The van der Waals surface area contributed by atoms with E-state index in [0.717, 1.165) is 41.1 Å². The Hall–Kier alpha value is -4.05. The van der Waals surface area contributed by atoms with Gasteiger partial charge in [0.1, 0.15) is 17.3 Å². The number of alkyl halides is 3. The quantitative estimate of drug-likeness (QED) is 0.263. The van der Waals surface area contributed by atoms with Crippen LogP contribution in [0.25, 0.3) is 0 Å². The molecule has 0 radical (unpaired) electrons. The summed E-state index contributed by atoms with van der Waals surface area (Å²) in [4.78, 5) is 32.7. The summed E-state index contributed by atoms with van der Waals surface area (Å²) in [6.45, 7) is 3.23. The molecule has 3 atom stereocenters. The number of aromatic nitrogens is 2. The number of anilines is 1. The molecule has 1 unspecified atom stereocenters. The Morgan fingerprint density at radius 3 is 2.26 bits per heavy atom. The van der Waals surface area contributed by atoms with Crippen LogP contribution >= 0.6 is 0 Å². The number of benzene rings is 1. The van der Waals surface area contributed by atoms with Crippen LogP contribution in [-0.2, 0) is 20.9 Å². The summed E-state index contributed by atoms with van der Waals surface area (Å²) in [6.07, 6.45) is -4.81. The lowest BCUT2D eigenvalue weighted by molar-refractivity contribution is -0.173. The number of carbonyl (C=O) groups is 3. The van der Waals surface area contributed by atoms with Crippen molar-refractivity contribution in [3.63, 3.8) is 0 Å². The molecule has 43 heavy (non-hydrogen) atoms. The Labute approximate surface area is 244 Å². The number of nitrogens with zero attached hydrogens (tertiary/aromatic N) is 3. The number of aliphatic hydroxyl groups is 1. The summed E-state index contributed by atoms with van der Waals surface area (Å²) < 4.78 is 52.7. The number of halogens is 3. The molecule has 16 heteroatoms. The van der Waals surface area contributed by atoms with Gasteiger partial charge in [0.05, 0.1) is 38.8 Å². The number of nitrogens with one attached hydrogen (secondary N) is 1. The van der Waals surface area contributed by atoms with Crippen molar-refractivity contribution in [2.24, 2.45) is 0 Å². The second-order valence-electron chi connectivity index (χ2n) is 10.5. The maximum Gasteiger partial charge on any atom is 0.410 e. The molecule has 1 saturated heterocycles. The van der Waals surface area contributed by atoms with E-state index in [1.807, 2.05) is 18.2 Å². The smallest absolute Gasteiger partial charge is 0.410 e. The van der Waals surface area contributed by atoms with Crippen LogP contribution in [0.5, 0.6) is 11.5 Å². The van der Waals surface area contributed by atoms with Gasteiger partial charge in [0.25, 0.3) is 0 Å². The Morgan fingerprint density at radius 1 is 1.07 bits per heavy atom. The number of carboxylic acid groups (broad SMARTS) is 3. The normalized spacial score (nSPS) is 20.3. The molecule has 3 heterocycles. The van der Waals surface area contributed by atoms with E-state index >= 15 is 0 Å². The van der Waals surface area contributed by atoms with Crippen molar-refractivity contribution < 1.29 is 57.5 Å². The van der Waals surface area contributed by atoms with Gasteiger partial charge in [-0.15, -0.1) is 0 Å². The highest BCUT2D eigenvalue weighted by Crippen LogP contribution is 2.42. The van der Waals surface area contributed by atoms with Crippen molar-refractivity contribution in [3.8, 4) is 11.5 Å². The molecule has 2 aliphatic heterocycles. The van der Waals surface area contributed by atoms with Crippen LogP contribution in [0, 0.1) is 0 Å². The van der Waals surface area contributed by atoms with Gasteiger partial charge in [-0.25, -0.2) is 9.48 Å². The molecule has 0 spiro atoms. The molecule has 1 fully saturated rings. The number of likely N-dealkylation sites (tertiary alicyclic amines) is 1. The highest BCUT2D eigenvalue weighted by Gasteiger charge is 2.46. The molecule has 0 amide bonds. The molecular weight excluding hydrogens is 581 g/mol. The van der Waals surface area contributed by atoms with Crippen LogP contribution in [0.15, 0.2) is 24.3 Å². The lowest BCUT2D eigenvalue weighted by Gasteiger charge is -2.31. The molecular formula is C27H35F3N4O9. The molecule has 13 nitrogen and oxygen atoms in total. The average Bonchev–Trinajstić information content (AvgIpc) is 3.53. The molecule has 4 rings (SSSR count). The second-order valence-corrected chi connectivity index (χ2v) is 10.5. The summed E-state index contributed by atoms with van der Waals surface area (Å²) in [5.74, 6) is -3.07. The topological polar surface area (TPSA) is 184 Å². The van der Waals surface area contributed by atoms with E-state index in [-0.39, 0.29) is 18.5 Å². The van der Waals surface area contributed by atoms with E-state index in [1.165, 1.54) is 0 Å². The predicted octanol–water partition coefficient (Wildman–Crippen LogP) is 3.30. The first-order valence-corrected chi connectivity index (χ1v) is 13.3. The van der Waals surface area contributed by atoms with Gasteiger partial charge in [-0.3, -0.25) is 14.5 Å². The van der Waals surface area contributed by atoms with Gasteiger partial charge in [0, 0.05) is 24.2 Å². The molecule has 5 N–H and O–H groups in total. The first kappa shape index (κ1) is 33.5. The highest BCUT2D eigenvalue weighted by molar-refractivity contribution is 5.88. The minimum absolute atomic E-state index is 0.0208. The van der Waals surface area contributed by atoms with Crippen molar-refractivity contribution >= 4 is 23.7 Å². The zero-order valence-electron chi connectivity index (χ0n) is 23.8. The van der Waals surface area contributed by atoms with Crippen molar-refractivity contribution in [2.75, 3.05) is 26.1 Å². The summed E-state index contributed by atoms with van der Waals surface area (Å²) >= 11 is 0. The van der Waals surface area contributed by atoms with E-state index in [0.29, 0.717) is 18.1 Å². The van der Waals surface area contributed by atoms with E-state index in [9.17, 15) is 27.6 Å². The molecule has 238 valence electrons. The van der Waals surface area contributed by atoms with E-state index in [4.69, 9.17) is 29.9 Å². The van der Waals surface area contributed by atoms with E-state index in [2.05, 4.69) is 15.3 Å². The first-order valence-electron chi connectivity index (χ1n) is 13.3. The molecule has 0 saturated carbocycles.